The van der Waals surface area contributed by atoms with Gasteiger partial charge >= 0.3 is 5.97 Å². The zero-order valence-electron chi connectivity index (χ0n) is 54.4. The van der Waals surface area contributed by atoms with E-state index in [9.17, 15) is 35.1 Å². The minimum Gasteiger partial charge on any atom is -0.466 e. The predicted octanol–water partition coefficient (Wildman–Crippen LogP) is 18.1. The topological polar surface area (TPSA) is 175 Å². The lowest BCUT2D eigenvalue weighted by Crippen LogP contribution is -2.60. The average molecular weight is 1180 g/mol. The highest BCUT2D eigenvalue weighted by atomic mass is 16.7. The molecule has 1 aliphatic rings. The molecule has 0 aromatic rings. The van der Waals surface area contributed by atoms with E-state index in [1.54, 1.807) is 6.08 Å². The van der Waals surface area contributed by atoms with Gasteiger partial charge in [0.2, 0.25) is 5.91 Å². The van der Waals surface area contributed by atoms with E-state index in [0.29, 0.717) is 19.4 Å². The van der Waals surface area contributed by atoms with Crippen molar-refractivity contribution < 1.29 is 49.3 Å². The average Bonchev–Trinajstić information content (AvgIpc) is 3.58. The van der Waals surface area contributed by atoms with Gasteiger partial charge in [-0.2, -0.15) is 0 Å². The van der Waals surface area contributed by atoms with Crippen LogP contribution in [0.1, 0.15) is 328 Å². The Balaban J connectivity index is 1.90. The maximum Gasteiger partial charge on any atom is 0.305 e. The fourth-order valence-corrected chi connectivity index (χ4v) is 10.9. The van der Waals surface area contributed by atoms with Crippen molar-refractivity contribution in [2.45, 2.75) is 371 Å². The number of aliphatic hydroxyl groups excluding tert-OH is 5. The van der Waals surface area contributed by atoms with Gasteiger partial charge in [-0.3, -0.25) is 9.59 Å². The summed E-state index contributed by atoms with van der Waals surface area (Å²) in [4.78, 5) is 25.1. The number of allylic oxidation sites excluding steroid dienone is 9. The molecule has 1 heterocycles. The van der Waals surface area contributed by atoms with Crippen molar-refractivity contribution in [3.63, 3.8) is 0 Å². The fraction of sp³-hybridized carbons (Fsp3) is 0.836. The summed E-state index contributed by atoms with van der Waals surface area (Å²) in [5, 5.41) is 54.2. The van der Waals surface area contributed by atoms with Crippen molar-refractivity contribution in [1.29, 1.82) is 0 Å². The molecule has 0 bridgehead atoms. The van der Waals surface area contributed by atoms with Gasteiger partial charge < -0.3 is 45.1 Å². The largest absolute Gasteiger partial charge is 0.466 e. The molecule has 0 aromatic heterocycles. The zero-order valence-corrected chi connectivity index (χ0v) is 54.4. The summed E-state index contributed by atoms with van der Waals surface area (Å²) >= 11 is 0. The van der Waals surface area contributed by atoms with Gasteiger partial charge in [0, 0.05) is 12.8 Å². The molecule has 1 rings (SSSR count). The smallest absolute Gasteiger partial charge is 0.305 e. The van der Waals surface area contributed by atoms with Crippen molar-refractivity contribution >= 4 is 11.9 Å². The molecule has 1 amide bonds. The molecule has 84 heavy (non-hydrogen) atoms. The molecule has 7 unspecified atom stereocenters. The van der Waals surface area contributed by atoms with Crippen LogP contribution < -0.4 is 5.32 Å². The summed E-state index contributed by atoms with van der Waals surface area (Å²) in [6.07, 6.45) is 72.4. The van der Waals surface area contributed by atoms with Gasteiger partial charge in [-0.25, -0.2) is 0 Å². The van der Waals surface area contributed by atoms with Crippen LogP contribution in [0.3, 0.4) is 0 Å². The highest BCUT2D eigenvalue weighted by Crippen LogP contribution is 2.23. The van der Waals surface area contributed by atoms with Crippen LogP contribution in [0.25, 0.3) is 0 Å². The van der Waals surface area contributed by atoms with Crippen molar-refractivity contribution in [3.05, 3.63) is 60.8 Å². The van der Waals surface area contributed by atoms with Crippen LogP contribution in [0.2, 0.25) is 0 Å². The van der Waals surface area contributed by atoms with Gasteiger partial charge in [0.1, 0.15) is 24.4 Å². The fourth-order valence-electron chi connectivity index (χ4n) is 10.9. The number of hydrogen-bond donors (Lipinski definition) is 6. The molecular formula is C73H133NO10. The molecule has 0 radical (unpaired) electrons. The van der Waals surface area contributed by atoms with E-state index < -0.39 is 49.5 Å². The number of carbonyl (C=O) groups is 2. The van der Waals surface area contributed by atoms with Gasteiger partial charge in [-0.15, -0.1) is 0 Å². The SMILES string of the molecule is CCCCC/C=C\C/C=C\CCCCCCCC(=O)OCCCCCCCCCCCCCC/C=C\CCCCCCCCCCCCCCCCCCC(=O)NC(COC1OC(CO)C(O)C(O)C1O)C(O)/C=C/CC/C=C/CCCCC. The maximum atomic E-state index is 13.0. The Kier molecular flexibility index (Phi) is 58.6. The molecular weight excluding hydrogens is 1050 g/mol. The van der Waals surface area contributed by atoms with Crippen molar-refractivity contribution in [2.75, 3.05) is 19.8 Å². The summed E-state index contributed by atoms with van der Waals surface area (Å²) in [6, 6.07) is -0.825. The van der Waals surface area contributed by atoms with E-state index in [4.69, 9.17) is 14.2 Å². The normalized spacial score (nSPS) is 18.4. The van der Waals surface area contributed by atoms with Crippen LogP contribution in [-0.4, -0.2) is 100 Å². The van der Waals surface area contributed by atoms with Crippen molar-refractivity contribution in [1.82, 2.24) is 5.32 Å². The highest BCUT2D eigenvalue weighted by Gasteiger charge is 2.44. The predicted molar refractivity (Wildman–Crippen MR) is 352 cm³/mol. The molecule has 0 aromatic carbocycles. The summed E-state index contributed by atoms with van der Waals surface area (Å²) in [6.45, 7) is 4.26. The molecule has 0 saturated carbocycles. The van der Waals surface area contributed by atoms with E-state index in [1.807, 2.05) is 6.08 Å². The van der Waals surface area contributed by atoms with Gasteiger partial charge in [-0.05, 0) is 103 Å². The second kappa shape index (κ2) is 62.0. The van der Waals surface area contributed by atoms with Crippen LogP contribution in [-0.2, 0) is 23.8 Å². The first-order valence-corrected chi connectivity index (χ1v) is 35.6. The van der Waals surface area contributed by atoms with Crippen molar-refractivity contribution in [2.24, 2.45) is 0 Å². The number of nitrogens with one attached hydrogen (secondary N) is 1. The number of rotatable bonds is 62. The zero-order chi connectivity index (χ0) is 60.9. The molecule has 1 saturated heterocycles. The monoisotopic (exact) mass is 1180 g/mol. The Morgan fingerprint density at radius 1 is 0.440 bits per heavy atom. The summed E-state index contributed by atoms with van der Waals surface area (Å²) < 4.78 is 16.7. The first kappa shape index (κ1) is 79.4. The Hall–Kier alpha value is -2.64. The number of amides is 1. The summed E-state index contributed by atoms with van der Waals surface area (Å²) in [5.74, 6) is -0.196. The van der Waals surface area contributed by atoms with Crippen molar-refractivity contribution in [3.8, 4) is 0 Å². The second-order valence-corrected chi connectivity index (χ2v) is 24.6. The van der Waals surface area contributed by atoms with Crippen LogP contribution in [0.5, 0.6) is 0 Å². The number of ether oxygens (including phenoxy) is 3. The number of unbranched alkanes of at least 4 members (excludes halogenated alkanes) is 40. The lowest BCUT2D eigenvalue weighted by atomic mass is 9.99. The van der Waals surface area contributed by atoms with E-state index >= 15 is 0 Å². The van der Waals surface area contributed by atoms with Crippen LogP contribution in [0, 0.1) is 0 Å². The number of carbonyl (C=O) groups excluding carboxylic acids is 2. The Bertz CT molecular complexity index is 1580. The first-order valence-electron chi connectivity index (χ1n) is 35.6. The molecule has 6 N–H and O–H groups in total. The Morgan fingerprint density at radius 2 is 0.810 bits per heavy atom. The van der Waals surface area contributed by atoms with Crippen LogP contribution >= 0.6 is 0 Å². The second-order valence-electron chi connectivity index (χ2n) is 24.6. The summed E-state index contributed by atoms with van der Waals surface area (Å²) in [7, 11) is 0. The minimum absolute atomic E-state index is 0.00397. The first-order chi connectivity index (χ1) is 41.2. The highest BCUT2D eigenvalue weighted by molar-refractivity contribution is 5.76. The lowest BCUT2D eigenvalue weighted by Gasteiger charge is -2.40. The van der Waals surface area contributed by atoms with Gasteiger partial charge in [0.05, 0.1) is 32.0 Å². The third-order valence-corrected chi connectivity index (χ3v) is 16.6. The molecule has 7 atom stereocenters. The molecule has 11 heteroatoms. The maximum absolute atomic E-state index is 13.0. The quantitative estimate of drug-likeness (QED) is 0.0195. The Labute approximate surface area is 516 Å². The van der Waals surface area contributed by atoms with E-state index in [-0.39, 0.29) is 18.5 Å². The third-order valence-electron chi connectivity index (χ3n) is 16.6. The van der Waals surface area contributed by atoms with Gasteiger partial charge in [0.15, 0.2) is 6.29 Å². The third kappa shape index (κ3) is 50.4. The number of hydrogen-bond acceptors (Lipinski definition) is 10. The number of esters is 1. The minimum atomic E-state index is -1.57. The Morgan fingerprint density at radius 3 is 1.25 bits per heavy atom. The number of aliphatic hydroxyl groups is 5. The van der Waals surface area contributed by atoms with E-state index in [2.05, 4.69) is 67.8 Å². The van der Waals surface area contributed by atoms with E-state index in [1.165, 1.54) is 238 Å². The molecule has 1 fully saturated rings. The molecule has 1 aliphatic heterocycles. The molecule has 490 valence electrons. The molecule has 11 nitrogen and oxygen atoms in total. The van der Waals surface area contributed by atoms with Crippen LogP contribution in [0.4, 0.5) is 0 Å². The molecule has 0 spiro atoms. The summed E-state index contributed by atoms with van der Waals surface area (Å²) in [5.41, 5.74) is 0. The van der Waals surface area contributed by atoms with Gasteiger partial charge in [-0.1, -0.05) is 274 Å². The molecule has 0 aliphatic carbocycles. The lowest BCUT2D eigenvalue weighted by molar-refractivity contribution is -0.302. The van der Waals surface area contributed by atoms with E-state index in [0.717, 1.165) is 64.2 Å². The van der Waals surface area contributed by atoms with Crippen LogP contribution in [0.15, 0.2) is 60.8 Å². The standard InChI is InChI=1S/C73H133NO10/c1-3-5-7-9-11-13-14-15-34-38-41-45-49-53-57-61-69(78)82-62-58-54-50-46-42-39-36-33-31-29-27-25-23-21-19-17-16-18-20-22-24-26-28-30-32-35-37-40-44-48-52-56-60-68(77)74-65(66(76)59-55-51-47-43-12-10-8-6-4-2)64-83-73-72(81)71(80)70(79)67(63-75)84-73/h11-13,15,19,21,34,43,55,59,65-67,70-73,75-76,79-81H,3-10,14,16-18,20,22-33,35-42,44-54,56-58,60-64H2,1-2H3,(H,74,77)/b13-11-,21-19-,34-15-,43-12+,59-55+. The van der Waals surface area contributed by atoms with Gasteiger partial charge in [0.25, 0.3) is 0 Å².